The molecule has 0 radical (unpaired) electrons. The molecule has 1 aliphatic heterocycles. The van der Waals surface area contributed by atoms with Gasteiger partial charge in [0.15, 0.2) is 7.90 Å². The first-order chi connectivity index (χ1) is 12.0. The summed E-state index contributed by atoms with van der Waals surface area (Å²) in [4.78, 5) is 5.60. The fourth-order valence-corrected chi connectivity index (χ4v) is 2.68. The van der Waals surface area contributed by atoms with E-state index in [0.717, 1.165) is 11.1 Å². The third-order valence-electron chi connectivity index (χ3n) is 3.41. The van der Waals surface area contributed by atoms with E-state index in [1.807, 2.05) is 30.5 Å². The smallest absolute Gasteiger partial charge is 0.196 e. The van der Waals surface area contributed by atoms with Crippen molar-refractivity contribution in [3.05, 3.63) is 89.4 Å². The van der Waals surface area contributed by atoms with E-state index in [2.05, 4.69) is 102 Å². The van der Waals surface area contributed by atoms with Crippen molar-refractivity contribution in [1.29, 1.82) is 0 Å². The van der Waals surface area contributed by atoms with Gasteiger partial charge in [-0.05, 0) is 22.8 Å². The van der Waals surface area contributed by atoms with Crippen LogP contribution in [0.25, 0.3) is 18.2 Å². The fraction of sp³-hybridized carbons (Fsp3) is 0.0526. The summed E-state index contributed by atoms with van der Waals surface area (Å²) >= 11 is 10.2. The number of halogens is 3. The topological polar surface area (TPSA) is 24.5 Å². The van der Waals surface area contributed by atoms with Crippen LogP contribution < -0.4 is 5.43 Å². The Morgan fingerprint density at radius 1 is 0.800 bits per heavy atom. The highest BCUT2D eigenvalue weighted by Crippen LogP contribution is 2.42. The molecule has 25 heavy (non-hydrogen) atoms. The van der Waals surface area contributed by atoms with E-state index < -0.39 is 2.14 Å². The molecule has 0 saturated carbocycles. The van der Waals surface area contributed by atoms with E-state index in [-0.39, 0.29) is 0 Å². The summed E-state index contributed by atoms with van der Waals surface area (Å²) in [5.74, 6) is 0.665. The van der Waals surface area contributed by atoms with Gasteiger partial charge in [0.25, 0.3) is 0 Å². The quantitative estimate of drug-likeness (QED) is 0.376. The van der Waals surface area contributed by atoms with Crippen LogP contribution in [0.15, 0.2) is 72.8 Å². The zero-order valence-corrected chi connectivity index (χ0v) is 17.8. The van der Waals surface area contributed by atoms with Crippen LogP contribution in [-0.2, 0) is 4.84 Å². The number of allylic oxidation sites excluding steroid dienone is 1. The highest BCUT2D eigenvalue weighted by atomic mass is 80.0. The summed E-state index contributed by atoms with van der Waals surface area (Å²) in [5.41, 5.74) is 6.42. The molecule has 0 unspecified atom stereocenters. The zero-order valence-electron chi connectivity index (χ0n) is 13.1. The van der Waals surface area contributed by atoms with Crippen LogP contribution in [-0.4, -0.2) is 7.32 Å². The molecule has 1 heterocycles. The van der Waals surface area contributed by atoms with Gasteiger partial charge in [-0.25, -0.2) is 0 Å². The second-order valence-corrected chi connectivity index (χ2v) is 12.0. The number of hydrogen-bond acceptors (Lipinski definition) is 3. The molecular weight excluding hydrogens is 512 g/mol. The predicted octanol–water partition coefficient (Wildman–Crippen LogP) is 6.26. The van der Waals surface area contributed by atoms with Crippen LogP contribution in [0, 0.1) is 0 Å². The lowest BCUT2D eigenvalue weighted by molar-refractivity contribution is -0.0788. The first kappa shape index (κ1) is 18.3. The Bertz CT molecular complexity index is 794. The van der Waals surface area contributed by atoms with Crippen molar-refractivity contribution in [3.63, 3.8) is 0 Å². The average Bonchev–Trinajstić information content (AvgIpc) is 3.09. The highest BCUT2D eigenvalue weighted by molar-refractivity contribution is 9.39. The standard InChI is InChI=1S/C19H15Br3N2O/c20-19(21,22)18-14-23-24(25-18)13-12-17-10-8-16(9-11-17)7-6-15-4-2-1-3-5-15/h1-14,23H. The number of benzene rings is 2. The third-order valence-corrected chi connectivity index (χ3v) is 4.58. The van der Waals surface area contributed by atoms with Crippen LogP contribution in [0.4, 0.5) is 0 Å². The maximum absolute atomic E-state index is 5.60. The number of alkyl halides is 3. The molecule has 0 fully saturated rings. The molecule has 0 saturated heterocycles. The predicted molar refractivity (Wildman–Crippen MR) is 115 cm³/mol. The molecule has 1 N–H and O–H groups in total. The van der Waals surface area contributed by atoms with Crippen molar-refractivity contribution in [2.24, 2.45) is 0 Å². The van der Waals surface area contributed by atoms with Gasteiger partial charge >= 0.3 is 0 Å². The molecule has 0 spiro atoms. The van der Waals surface area contributed by atoms with Crippen LogP contribution in [0.3, 0.4) is 0 Å². The van der Waals surface area contributed by atoms with E-state index in [9.17, 15) is 0 Å². The van der Waals surface area contributed by atoms with E-state index in [1.54, 1.807) is 6.20 Å². The van der Waals surface area contributed by atoms with E-state index in [1.165, 1.54) is 10.7 Å². The number of hydroxylamine groups is 1. The van der Waals surface area contributed by atoms with E-state index in [0.29, 0.717) is 5.76 Å². The van der Waals surface area contributed by atoms with Gasteiger partial charge in [-0.1, -0.05) is 115 Å². The minimum Gasteiger partial charge on any atom is -0.359 e. The Morgan fingerprint density at radius 3 is 1.92 bits per heavy atom. The van der Waals surface area contributed by atoms with Gasteiger partial charge in [-0.2, -0.15) is 0 Å². The van der Waals surface area contributed by atoms with Crippen molar-refractivity contribution < 1.29 is 4.84 Å². The number of rotatable bonds is 4. The number of nitrogens with one attached hydrogen (secondary N) is 1. The van der Waals surface area contributed by atoms with Gasteiger partial charge < -0.3 is 4.84 Å². The molecule has 2 aromatic rings. The minimum absolute atomic E-state index is 0.574. The van der Waals surface area contributed by atoms with Crippen molar-refractivity contribution in [3.8, 4) is 0 Å². The molecule has 0 aliphatic carbocycles. The Morgan fingerprint density at radius 2 is 1.36 bits per heavy atom. The molecule has 0 bridgehead atoms. The van der Waals surface area contributed by atoms with Gasteiger partial charge in [0.1, 0.15) is 0 Å². The molecule has 2 aromatic carbocycles. The summed E-state index contributed by atoms with van der Waals surface area (Å²) in [5, 5.41) is 1.52. The minimum atomic E-state index is -0.574. The van der Waals surface area contributed by atoms with Crippen molar-refractivity contribution in [1.82, 2.24) is 10.6 Å². The Labute approximate surface area is 172 Å². The lowest BCUT2D eigenvalue weighted by Gasteiger charge is -2.16. The molecule has 128 valence electrons. The maximum Gasteiger partial charge on any atom is 0.196 e. The summed E-state index contributed by atoms with van der Waals surface area (Å²) in [6.45, 7) is 0. The molecule has 3 rings (SSSR count). The van der Waals surface area contributed by atoms with Crippen LogP contribution in [0.5, 0.6) is 0 Å². The Hall–Kier alpha value is -1.50. The Kier molecular flexibility index (Phi) is 6.04. The molecule has 3 nitrogen and oxygen atoms in total. The summed E-state index contributed by atoms with van der Waals surface area (Å²) < 4.78 is -0.574. The summed E-state index contributed by atoms with van der Waals surface area (Å²) in [7, 11) is 0. The van der Waals surface area contributed by atoms with Gasteiger partial charge in [-0.15, -0.1) is 5.17 Å². The van der Waals surface area contributed by atoms with Gasteiger partial charge in [0, 0.05) is 0 Å². The molecule has 6 heteroatoms. The fourth-order valence-electron chi connectivity index (χ4n) is 2.12. The third kappa shape index (κ3) is 5.49. The van der Waals surface area contributed by atoms with Crippen molar-refractivity contribution in [2.45, 2.75) is 2.14 Å². The largest absolute Gasteiger partial charge is 0.359 e. The zero-order chi connectivity index (χ0) is 17.7. The molecule has 1 aliphatic rings. The van der Waals surface area contributed by atoms with Crippen LogP contribution >= 0.6 is 47.8 Å². The number of hydrogen-bond donors (Lipinski definition) is 1. The lowest BCUT2D eigenvalue weighted by Crippen LogP contribution is -2.22. The first-order valence-electron chi connectivity index (χ1n) is 7.53. The second-order valence-electron chi connectivity index (χ2n) is 5.28. The average molecular weight is 527 g/mol. The van der Waals surface area contributed by atoms with Crippen LogP contribution in [0.2, 0.25) is 0 Å². The van der Waals surface area contributed by atoms with Crippen molar-refractivity contribution in [2.75, 3.05) is 0 Å². The lowest BCUT2D eigenvalue weighted by atomic mass is 10.1. The SMILES string of the molecule is BrC(Br)(Br)C1=CNN(C=Cc2ccc(C=Cc3ccccc3)cc2)O1. The summed E-state index contributed by atoms with van der Waals surface area (Å²) in [6, 6.07) is 18.6. The van der Waals surface area contributed by atoms with Gasteiger partial charge in [0.2, 0.25) is 0 Å². The van der Waals surface area contributed by atoms with Gasteiger partial charge in [0.05, 0.1) is 12.4 Å². The molecule has 0 atom stereocenters. The second kappa shape index (κ2) is 8.25. The number of hydrazine groups is 1. The maximum atomic E-state index is 5.60. The monoisotopic (exact) mass is 524 g/mol. The van der Waals surface area contributed by atoms with Gasteiger partial charge in [-0.3, -0.25) is 5.43 Å². The Balaban J connectivity index is 1.57. The number of nitrogens with zero attached hydrogens (tertiary/aromatic N) is 1. The molecule has 0 amide bonds. The summed E-state index contributed by atoms with van der Waals surface area (Å²) in [6.07, 6.45) is 9.74. The first-order valence-corrected chi connectivity index (χ1v) is 9.91. The molecule has 0 aromatic heterocycles. The van der Waals surface area contributed by atoms with Crippen molar-refractivity contribution >= 4 is 66.0 Å². The normalized spacial score (nSPS) is 14.7. The van der Waals surface area contributed by atoms with E-state index >= 15 is 0 Å². The molecular formula is C19H15Br3N2O. The van der Waals surface area contributed by atoms with Crippen LogP contribution in [0.1, 0.15) is 16.7 Å². The van der Waals surface area contributed by atoms with E-state index in [4.69, 9.17) is 4.84 Å². The highest BCUT2D eigenvalue weighted by Gasteiger charge is 2.31.